The van der Waals surface area contributed by atoms with Crippen molar-refractivity contribution in [2.24, 2.45) is 11.8 Å². The summed E-state index contributed by atoms with van der Waals surface area (Å²) in [6.07, 6.45) is 5.20. The Balaban J connectivity index is 2.14. The molecule has 1 N–H and O–H groups in total. The Bertz CT molecular complexity index is 368. The van der Waals surface area contributed by atoms with E-state index in [1.165, 1.54) is 30.4 Å². The molecule has 100 valence electrons. The van der Waals surface area contributed by atoms with Crippen LogP contribution in [0.5, 0.6) is 0 Å². The second-order valence-corrected chi connectivity index (χ2v) is 5.73. The molecule has 1 aliphatic rings. The van der Waals surface area contributed by atoms with E-state index in [1.54, 1.807) is 0 Å². The standard InChI is InChI=1S/C17H27N/c1-4-11-18-17(13(3)15-9-10-15)16-8-6-7-14(5-2)12-16/h6-8,12-13,15,17-18H,4-5,9-11H2,1-3H3. The van der Waals surface area contributed by atoms with Crippen molar-refractivity contribution in [3.05, 3.63) is 35.4 Å². The molecule has 0 spiro atoms. The fourth-order valence-electron chi connectivity index (χ4n) is 2.81. The Labute approximate surface area is 112 Å². The molecule has 1 heteroatoms. The second kappa shape index (κ2) is 6.38. The van der Waals surface area contributed by atoms with Crippen molar-refractivity contribution in [3.63, 3.8) is 0 Å². The van der Waals surface area contributed by atoms with Crippen LogP contribution in [0.15, 0.2) is 24.3 Å². The summed E-state index contributed by atoms with van der Waals surface area (Å²) in [7, 11) is 0. The maximum atomic E-state index is 3.76. The molecule has 1 nitrogen and oxygen atoms in total. The third-order valence-electron chi connectivity index (χ3n) is 4.22. The van der Waals surface area contributed by atoms with Gasteiger partial charge in [-0.15, -0.1) is 0 Å². The molecule has 0 radical (unpaired) electrons. The highest BCUT2D eigenvalue weighted by Crippen LogP contribution is 2.42. The molecule has 2 unspecified atom stereocenters. The van der Waals surface area contributed by atoms with Gasteiger partial charge in [0.05, 0.1) is 0 Å². The Morgan fingerprint density at radius 1 is 1.28 bits per heavy atom. The molecule has 2 atom stereocenters. The van der Waals surface area contributed by atoms with Crippen molar-refractivity contribution in [2.75, 3.05) is 6.54 Å². The van der Waals surface area contributed by atoms with E-state index in [9.17, 15) is 0 Å². The highest BCUT2D eigenvalue weighted by atomic mass is 14.9. The van der Waals surface area contributed by atoms with Gasteiger partial charge in [0.2, 0.25) is 0 Å². The zero-order chi connectivity index (χ0) is 13.0. The van der Waals surface area contributed by atoms with Crippen LogP contribution in [0, 0.1) is 11.8 Å². The quantitative estimate of drug-likeness (QED) is 0.753. The van der Waals surface area contributed by atoms with Gasteiger partial charge in [0.25, 0.3) is 0 Å². The SMILES string of the molecule is CCCNC(c1cccc(CC)c1)C(C)C1CC1. The highest BCUT2D eigenvalue weighted by molar-refractivity contribution is 5.27. The lowest BCUT2D eigenvalue weighted by Crippen LogP contribution is -2.28. The molecule has 2 rings (SSSR count). The van der Waals surface area contributed by atoms with Gasteiger partial charge in [-0.1, -0.05) is 45.0 Å². The lowest BCUT2D eigenvalue weighted by Gasteiger charge is -2.26. The smallest absolute Gasteiger partial charge is 0.0348 e. The van der Waals surface area contributed by atoms with Crippen molar-refractivity contribution in [2.45, 2.75) is 52.5 Å². The van der Waals surface area contributed by atoms with Crippen molar-refractivity contribution in [1.82, 2.24) is 5.32 Å². The fourth-order valence-corrected chi connectivity index (χ4v) is 2.81. The summed E-state index contributed by atoms with van der Waals surface area (Å²) in [5.74, 6) is 1.72. The van der Waals surface area contributed by atoms with Gasteiger partial charge >= 0.3 is 0 Å². The van der Waals surface area contributed by atoms with Crippen LogP contribution < -0.4 is 5.32 Å². The topological polar surface area (TPSA) is 12.0 Å². The number of aryl methyl sites for hydroxylation is 1. The van der Waals surface area contributed by atoms with Crippen molar-refractivity contribution in [1.29, 1.82) is 0 Å². The number of hydrogen-bond donors (Lipinski definition) is 1. The van der Waals surface area contributed by atoms with Crippen LogP contribution in [-0.4, -0.2) is 6.54 Å². The predicted molar refractivity (Wildman–Crippen MR) is 78.7 cm³/mol. The largest absolute Gasteiger partial charge is 0.310 e. The van der Waals surface area contributed by atoms with Crippen LogP contribution in [0.3, 0.4) is 0 Å². The normalized spacial score (nSPS) is 18.6. The summed E-state index contributed by atoms with van der Waals surface area (Å²) >= 11 is 0. The Hall–Kier alpha value is -0.820. The van der Waals surface area contributed by atoms with E-state index in [0.717, 1.165) is 24.8 Å². The molecule has 0 heterocycles. The van der Waals surface area contributed by atoms with Crippen LogP contribution in [-0.2, 0) is 6.42 Å². The second-order valence-electron chi connectivity index (χ2n) is 5.73. The molecule has 0 amide bonds. The Morgan fingerprint density at radius 2 is 2.06 bits per heavy atom. The van der Waals surface area contributed by atoms with E-state index in [-0.39, 0.29) is 0 Å². The molecule has 1 saturated carbocycles. The Kier molecular flexibility index (Phi) is 4.82. The lowest BCUT2D eigenvalue weighted by atomic mass is 9.89. The van der Waals surface area contributed by atoms with E-state index < -0.39 is 0 Å². The van der Waals surface area contributed by atoms with E-state index in [2.05, 4.69) is 50.4 Å². The van der Waals surface area contributed by atoms with Crippen LogP contribution >= 0.6 is 0 Å². The maximum Gasteiger partial charge on any atom is 0.0348 e. The van der Waals surface area contributed by atoms with Gasteiger partial charge in [-0.2, -0.15) is 0 Å². The third-order valence-corrected chi connectivity index (χ3v) is 4.22. The molecule has 1 fully saturated rings. The average Bonchev–Trinajstić information content (AvgIpc) is 3.23. The molecule has 1 aliphatic carbocycles. The van der Waals surface area contributed by atoms with Gasteiger partial charge in [0.1, 0.15) is 0 Å². The van der Waals surface area contributed by atoms with Gasteiger partial charge in [-0.05, 0) is 55.2 Å². The van der Waals surface area contributed by atoms with Crippen LogP contribution in [0.2, 0.25) is 0 Å². The Morgan fingerprint density at radius 3 is 2.67 bits per heavy atom. The monoisotopic (exact) mass is 245 g/mol. The number of hydrogen-bond acceptors (Lipinski definition) is 1. The third kappa shape index (κ3) is 3.35. The first-order valence-electron chi connectivity index (χ1n) is 7.58. The van der Waals surface area contributed by atoms with E-state index in [4.69, 9.17) is 0 Å². The minimum Gasteiger partial charge on any atom is -0.310 e. The number of rotatable bonds is 7. The van der Waals surface area contributed by atoms with E-state index >= 15 is 0 Å². The average molecular weight is 245 g/mol. The molecular formula is C17H27N. The minimum atomic E-state index is 0.545. The van der Waals surface area contributed by atoms with Gasteiger partial charge < -0.3 is 5.32 Å². The molecule has 0 saturated heterocycles. The van der Waals surface area contributed by atoms with Gasteiger partial charge in [-0.25, -0.2) is 0 Å². The first kappa shape index (κ1) is 13.6. The summed E-state index contributed by atoms with van der Waals surface area (Å²) in [6.45, 7) is 8.02. The molecule has 0 bridgehead atoms. The van der Waals surface area contributed by atoms with Gasteiger partial charge in [0.15, 0.2) is 0 Å². The maximum absolute atomic E-state index is 3.76. The molecule has 0 aliphatic heterocycles. The highest BCUT2D eigenvalue weighted by Gasteiger charge is 2.33. The van der Waals surface area contributed by atoms with Crippen molar-refractivity contribution >= 4 is 0 Å². The molecule has 0 aromatic heterocycles. The van der Waals surface area contributed by atoms with Crippen LogP contribution in [0.25, 0.3) is 0 Å². The summed E-state index contributed by atoms with van der Waals surface area (Å²) in [5.41, 5.74) is 2.95. The summed E-state index contributed by atoms with van der Waals surface area (Å²) in [6, 6.07) is 9.69. The number of benzene rings is 1. The first-order chi connectivity index (χ1) is 8.76. The first-order valence-corrected chi connectivity index (χ1v) is 7.58. The predicted octanol–water partition coefficient (Wildman–Crippen LogP) is 4.34. The summed E-state index contributed by atoms with van der Waals surface area (Å²) in [4.78, 5) is 0. The van der Waals surface area contributed by atoms with Gasteiger partial charge in [-0.3, -0.25) is 0 Å². The van der Waals surface area contributed by atoms with Gasteiger partial charge in [0, 0.05) is 6.04 Å². The van der Waals surface area contributed by atoms with Crippen molar-refractivity contribution in [3.8, 4) is 0 Å². The summed E-state index contributed by atoms with van der Waals surface area (Å²) in [5, 5.41) is 3.76. The van der Waals surface area contributed by atoms with Crippen LogP contribution in [0.1, 0.15) is 57.2 Å². The van der Waals surface area contributed by atoms with Crippen LogP contribution in [0.4, 0.5) is 0 Å². The lowest BCUT2D eigenvalue weighted by molar-refractivity contribution is 0.349. The van der Waals surface area contributed by atoms with E-state index in [0.29, 0.717) is 6.04 Å². The minimum absolute atomic E-state index is 0.545. The van der Waals surface area contributed by atoms with Crippen molar-refractivity contribution < 1.29 is 0 Å². The fraction of sp³-hybridized carbons (Fsp3) is 0.647. The summed E-state index contributed by atoms with van der Waals surface area (Å²) < 4.78 is 0. The zero-order valence-electron chi connectivity index (χ0n) is 12.1. The van der Waals surface area contributed by atoms with E-state index in [1.807, 2.05) is 0 Å². The molecular weight excluding hydrogens is 218 g/mol. The molecule has 1 aromatic rings. The number of nitrogens with one attached hydrogen (secondary N) is 1. The zero-order valence-corrected chi connectivity index (χ0v) is 12.1. The molecule has 1 aromatic carbocycles. The molecule has 18 heavy (non-hydrogen) atoms.